The second-order valence-electron chi connectivity index (χ2n) is 3.44. The number of ether oxygens (including phenoxy) is 1. The molecule has 0 amide bonds. The fraction of sp³-hybridized carbons (Fsp3) is 1.00. The summed E-state index contributed by atoms with van der Waals surface area (Å²) in [6.45, 7) is 7.14. The van der Waals surface area contributed by atoms with Crippen LogP contribution in [0.4, 0.5) is 0 Å². The van der Waals surface area contributed by atoms with E-state index in [1.165, 1.54) is 0 Å². The first-order chi connectivity index (χ1) is 4.98. The number of hydrogen-bond donors (Lipinski definition) is 2. The fourth-order valence-corrected chi connectivity index (χ4v) is 0.654. The molecule has 0 saturated heterocycles. The van der Waals surface area contributed by atoms with E-state index in [2.05, 4.69) is 5.32 Å². The predicted molar refractivity (Wildman–Crippen MR) is 45.6 cm³/mol. The van der Waals surface area contributed by atoms with E-state index in [1.54, 1.807) is 14.0 Å². The summed E-state index contributed by atoms with van der Waals surface area (Å²) in [5, 5.41) is 12.0. The second-order valence-corrected chi connectivity index (χ2v) is 3.44. The molecule has 0 aromatic rings. The van der Waals surface area contributed by atoms with Gasteiger partial charge in [0.2, 0.25) is 0 Å². The van der Waals surface area contributed by atoms with Crippen LogP contribution in [0.15, 0.2) is 0 Å². The van der Waals surface area contributed by atoms with Crippen LogP contribution in [-0.4, -0.2) is 37.0 Å². The molecule has 0 heterocycles. The summed E-state index contributed by atoms with van der Waals surface area (Å²) in [5.74, 6) is 0. The Morgan fingerprint density at radius 1 is 1.55 bits per heavy atom. The van der Waals surface area contributed by atoms with Crippen molar-refractivity contribution in [2.24, 2.45) is 0 Å². The lowest BCUT2D eigenvalue weighted by atomic mass is 10.1. The molecule has 0 aromatic carbocycles. The minimum Gasteiger partial charge on any atom is -0.392 e. The molecule has 0 radical (unpaired) electrons. The van der Waals surface area contributed by atoms with E-state index in [9.17, 15) is 0 Å². The molecule has 0 saturated carbocycles. The zero-order valence-corrected chi connectivity index (χ0v) is 7.85. The van der Waals surface area contributed by atoms with Gasteiger partial charge in [0, 0.05) is 20.2 Å². The molecule has 11 heavy (non-hydrogen) atoms. The maximum Gasteiger partial charge on any atom is 0.0746 e. The van der Waals surface area contributed by atoms with E-state index in [0.29, 0.717) is 6.54 Å². The third-order valence-electron chi connectivity index (χ3n) is 1.54. The molecule has 0 aliphatic rings. The number of rotatable bonds is 5. The van der Waals surface area contributed by atoms with Crippen LogP contribution in [0, 0.1) is 0 Å². The first-order valence-corrected chi connectivity index (χ1v) is 3.92. The molecule has 0 aliphatic carbocycles. The van der Waals surface area contributed by atoms with E-state index >= 15 is 0 Å². The van der Waals surface area contributed by atoms with Crippen LogP contribution in [0.25, 0.3) is 0 Å². The van der Waals surface area contributed by atoms with Crippen molar-refractivity contribution in [2.75, 3.05) is 20.2 Å². The topological polar surface area (TPSA) is 41.5 Å². The Labute approximate surface area is 68.8 Å². The van der Waals surface area contributed by atoms with E-state index < -0.39 is 0 Å². The number of aliphatic hydroxyl groups excluding tert-OH is 1. The van der Waals surface area contributed by atoms with Crippen LogP contribution in [0.1, 0.15) is 20.8 Å². The highest BCUT2D eigenvalue weighted by molar-refractivity contribution is 4.71. The van der Waals surface area contributed by atoms with Gasteiger partial charge in [0.25, 0.3) is 0 Å². The first kappa shape index (κ1) is 10.9. The zero-order valence-electron chi connectivity index (χ0n) is 7.85. The van der Waals surface area contributed by atoms with Crippen molar-refractivity contribution in [3.8, 4) is 0 Å². The van der Waals surface area contributed by atoms with Crippen LogP contribution in [-0.2, 0) is 4.74 Å². The number of nitrogens with one attached hydrogen (secondary N) is 1. The lowest BCUT2D eigenvalue weighted by molar-refractivity contribution is 0.0212. The van der Waals surface area contributed by atoms with Crippen molar-refractivity contribution in [2.45, 2.75) is 32.5 Å². The molecule has 0 bridgehead atoms. The Balaban J connectivity index is 3.38. The van der Waals surface area contributed by atoms with Gasteiger partial charge in [-0.1, -0.05) is 0 Å². The van der Waals surface area contributed by atoms with E-state index in [-0.39, 0.29) is 11.7 Å². The second kappa shape index (κ2) is 4.70. The van der Waals surface area contributed by atoms with Gasteiger partial charge in [-0.05, 0) is 20.8 Å². The third kappa shape index (κ3) is 6.28. The molecule has 1 atom stereocenters. The van der Waals surface area contributed by atoms with Crippen molar-refractivity contribution < 1.29 is 9.84 Å². The number of methoxy groups -OCH3 is 1. The Hall–Kier alpha value is -0.120. The van der Waals surface area contributed by atoms with E-state index in [1.807, 2.05) is 13.8 Å². The highest BCUT2D eigenvalue weighted by Crippen LogP contribution is 2.04. The average Bonchev–Trinajstić information content (AvgIpc) is 1.87. The molecule has 68 valence electrons. The van der Waals surface area contributed by atoms with Crippen LogP contribution in [0.5, 0.6) is 0 Å². The van der Waals surface area contributed by atoms with Crippen molar-refractivity contribution in [3.05, 3.63) is 0 Å². The van der Waals surface area contributed by atoms with Gasteiger partial charge in [0.05, 0.1) is 11.7 Å². The molecule has 0 spiro atoms. The largest absolute Gasteiger partial charge is 0.392 e. The van der Waals surface area contributed by atoms with Crippen molar-refractivity contribution >= 4 is 0 Å². The normalized spacial score (nSPS) is 15.0. The standard InChI is InChI=1S/C8H19NO2/c1-7(10)5-9-6-8(2,3)11-4/h7,9-10H,5-6H2,1-4H3/t7-/m0/s1. The Bertz CT molecular complexity index is 102. The van der Waals surface area contributed by atoms with Crippen LogP contribution < -0.4 is 5.32 Å². The Kier molecular flexibility index (Phi) is 4.65. The quantitative estimate of drug-likeness (QED) is 0.612. The maximum atomic E-state index is 8.92. The smallest absolute Gasteiger partial charge is 0.0746 e. The average molecular weight is 161 g/mol. The highest BCUT2D eigenvalue weighted by Gasteiger charge is 2.15. The highest BCUT2D eigenvalue weighted by atomic mass is 16.5. The molecule has 3 heteroatoms. The first-order valence-electron chi connectivity index (χ1n) is 3.92. The summed E-state index contributed by atoms with van der Waals surface area (Å²) in [4.78, 5) is 0. The van der Waals surface area contributed by atoms with Gasteiger partial charge in [-0.25, -0.2) is 0 Å². The van der Waals surface area contributed by atoms with Gasteiger partial charge >= 0.3 is 0 Å². The maximum absolute atomic E-state index is 8.92. The van der Waals surface area contributed by atoms with Gasteiger partial charge < -0.3 is 15.2 Å². The monoisotopic (exact) mass is 161 g/mol. The van der Waals surface area contributed by atoms with Gasteiger partial charge in [-0.15, -0.1) is 0 Å². The minimum absolute atomic E-state index is 0.144. The van der Waals surface area contributed by atoms with E-state index in [4.69, 9.17) is 9.84 Å². The molecule has 2 N–H and O–H groups in total. The van der Waals surface area contributed by atoms with Crippen LogP contribution >= 0.6 is 0 Å². The summed E-state index contributed by atoms with van der Waals surface area (Å²) in [5.41, 5.74) is -0.144. The fourth-order valence-electron chi connectivity index (χ4n) is 0.654. The molecule has 0 rings (SSSR count). The number of aliphatic hydroxyl groups is 1. The van der Waals surface area contributed by atoms with Crippen LogP contribution in [0.2, 0.25) is 0 Å². The predicted octanol–water partition coefficient (Wildman–Crippen LogP) is 0.382. The summed E-state index contributed by atoms with van der Waals surface area (Å²) in [6.07, 6.45) is -0.289. The van der Waals surface area contributed by atoms with Gasteiger partial charge in [0.15, 0.2) is 0 Å². The Morgan fingerprint density at radius 2 is 2.09 bits per heavy atom. The molecular weight excluding hydrogens is 142 g/mol. The number of hydrogen-bond acceptors (Lipinski definition) is 3. The minimum atomic E-state index is -0.289. The zero-order chi connectivity index (χ0) is 8.91. The molecule has 0 fully saturated rings. The van der Waals surface area contributed by atoms with E-state index in [0.717, 1.165) is 6.54 Å². The third-order valence-corrected chi connectivity index (χ3v) is 1.54. The van der Waals surface area contributed by atoms with Crippen molar-refractivity contribution in [1.82, 2.24) is 5.32 Å². The molecule has 0 aliphatic heterocycles. The lowest BCUT2D eigenvalue weighted by Gasteiger charge is -2.23. The lowest BCUT2D eigenvalue weighted by Crippen LogP contribution is -2.39. The SMILES string of the molecule is COC(C)(C)CNC[C@H](C)O. The molecule has 0 aromatic heterocycles. The summed E-state index contributed by atoms with van der Waals surface area (Å²) in [6, 6.07) is 0. The Morgan fingerprint density at radius 3 is 2.45 bits per heavy atom. The molecule has 0 unspecified atom stereocenters. The molecule has 3 nitrogen and oxygen atoms in total. The van der Waals surface area contributed by atoms with Crippen molar-refractivity contribution in [1.29, 1.82) is 0 Å². The summed E-state index contributed by atoms with van der Waals surface area (Å²) in [7, 11) is 1.68. The van der Waals surface area contributed by atoms with Gasteiger partial charge in [-0.2, -0.15) is 0 Å². The summed E-state index contributed by atoms with van der Waals surface area (Å²) >= 11 is 0. The van der Waals surface area contributed by atoms with Crippen LogP contribution in [0.3, 0.4) is 0 Å². The van der Waals surface area contributed by atoms with Crippen molar-refractivity contribution in [3.63, 3.8) is 0 Å². The van der Waals surface area contributed by atoms with Gasteiger partial charge in [0.1, 0.15) is 0 Å². The van der Waals surface area contributed by atoms with Gasteiger partial charge in [-0.3, -0.25) is 0 Å². The molecular formula is C8H19NO2. The summed E-state index contributed by atoms with van der Waals surface area (Å²) < 4.78 is 5.18.